The highest BCUT2D eigenvalue weighted by Gasteiger charge is 2.40. The second-order valence-electron chi connectivity index (χ2n) is 33.7. The highest BCUT2D eigenvalue weighted by Crippen LogP contribution is 2.43. The fourth-order valence-corrected chi connectivity index (χ4v) is 20.1. The van der Waals surface area contributed by atoms with Crippen LogP contribution in [0, 0.1) is 34.0 Å². The van der Waals surface area contributed by atoms with Crippen molar-refractivity contribution in [3.05, 3.63) is 191 Å². The summed E-state index contributed by atoms with van der Waals surface area (Å²) in [5.41, 5.74) is 9.60. The van der Waals surface area contributed by atoms with Crippen molar-refractivity contribution in [1.29, 1.82) is 15.8 Å². The van der Waals surface area contributed by atoms with Gasteiger partial charge in [0.25, 0.3) is 0 Å². The van der Waals surface area contributed by atoms with Gasteiger partial charge in [-0.2, -0.15) is 45.7 Å². The molecule has 12 heterocycles. The van der Waals surface area contributed by atoms with Crippen molar-refractivity contribution in [3.63, 3.8) is 0 Å². The van der Waals surface area contributed by atoms with Gasteiger partial charge in [0, 0.05) is 145 Å². The Hall–Kier alpha value is -12.2. The third-order valence-electron chi connectivity index (χ3n) is 26.4. The predicted molar refractivity (Wildman–Crippen MR) is 490 cm³/mol. The standard InChI is InChI=1S/C33H39N7O3.C32H36BrN7O2.C31H35N7O2/c1-4-30(41)40-19-18-39(20-24(40)13-15-34)32-26-14-17-38(28-11-5-8-23-9-6-12-29(42-3)31(23)28)21-27(26)35-33(36-32)43-22-25-10-7-16-37(25)2;1-3-29(41)40-18-17-39(19-23(40)12-14-34)31-25-13-16-38(28-11-5-8-22-7-4-10-26(33)30(22)28)20-27(25)35-32(36-31)42-21-24-9-6-15-37(24)2;1-3-29(39)37-16-17-38(24(18-32)19-37)30-26-13-15-36(28-12-6-9-22-8-4-5-11-25(22)28)20-27(26)33-31(34-30)40-21-23-10-7-14-35(23)2/h4-6,8-9,11-12,24-25H,1,7,10,13-14,16-22H2,2-3H3;3-5,7-8,10-11,23-24H,1,6,9,12-13,15-21H2,2H3;3-6,8-9,11-12,23-24H,1,7,10,13-17,19-21H2,2H3/t24-,25-;2*23-,24-/m000/s1. The normalized spacial score (nSPS) is 20.9. The van der Waals surface area contributed by atoms with E-state index >= 15 is 0 Å². The fraction of sp³-hybridized carbons (Fsp3) is 0.438. The average molecular weight is 1750 g/mol. The molecule has 0 unspecified atom stereocenters. The Balaban J connectivity index is 0.000000138. The van der Waals surface area contributed by atoms with Gasteiger partial charge in [0.05, 0.1) is 93.5 Å². The van der Waals surface area contributed by atoms with Crippen LogP contribution in [0.15, 0.2) is 158 Å². The van der Waals surface area contributed by atoms with Crippen molar-refractivity contribution >= 4 is 100 Å². The third-order valence-corrected chi connectivity index (χ3v) is 27.1. The molecule has 18 rings (SSSR count). The first-order valence-electron chi connectivity index (χ1n) is 43.8. The average Bonchev–Trinajstić information content (AvgIpc) is 0.833. The number of carbonyl (C=O) groups excluding carboxylic acids is 3. The second-order valence-corrected chi connectivity index (χ2v) is 34.6. The monoisotopic (exact) mass is 1750 g/mol. The van der Waals surface area contributed by atoms with Gasteiger partial charge in [-0.1, -0.05) is 121 Å². The SMILES string of the molecule is C=CC(=O)N1CCN(c2nc(OC[C@@H]3CCCN3C)nc3c2CCN(c2cccc4cccc(Br)c24)C3)C[C@@H]1CC#N.C=CC(=O)N1CCN(c2nc(OC[C@@H]3CCCN3C)nc3c2CCN(c2cccc4cccc(OC)c24)C3)C[C@@H]1CC#N.C=CC(=O)N1CCN(c2nc(OC[C@@H]3CCCN3C)nc3c2CCN(c2cccc4ccccc24)C3)[C@@H](C#N)C1. The lowest BCUT2D eigenvalue weighted by atomic mass is 10.0. The minimum Gasteiger partial charge on any atom is -0.496 e. The molecule has 125 heavy (non-hydrogen) atoms. The molecular formula is C96H110BrN21O7. The maximum atomic E-state index is 12.5. The van der Waals surface area contributed by atoms with Crippen molar-refractivity contribution in [3.8, 4) is 42.0 Å². The predicted octanol–water partition coefficient (Wildman–Crippen LogP) is 11.7. The van der Waals surface area contributed by atoms with Crippen LogP contribution in [0.2, 0.25) is 0 Å². The number of halogens is 1. The number of carbonyl (C=O) groups is 3. The molecule has 0 radical (unpaired) electrons. The van der Waals surface area contributed by atoms with E-state index in [1.165, 1.54) is 64.0 Å². The van der Waals surface area contributed by atoms with Gasteiger partial charge in [0.15, 0.2) is 0 Å². The zero-order valence-corrected chi connectivity index (χ0v) is 73.6. The van der Waals surface area contributed by atoms with E-state index in [0.29, 0.717) is 135 Å². The summed E-state index contributed by atoms with van der Waals surface area (Å²) in [5.74, 6) is 2.89. The lowest BCUT2D eigenvalue weighted by molar-refractivity contribution is -0.129. The summed E-state index contributed by atoms with van der Waals surface area (Å²) in [5, 5.41) is 36.2. The van der Waals surface area contributed by atoms with E-state index in [-0.39, 0.29) is 42.6 Å². The fourth-order valence-electron chi connectivity index (χ4n) is 19.5. The van der Waals surface area contributed by atoms with Gasteiger partial charge in [-0.05, 0) is 163 Å². The number of hydrogen-bond donors (Lipinski definition) is 0. The Morgan fingerprint density at radius 1 is 0.448 bits per heavy atom. The second kappa shape index (κ2) is 39.3. The first-order chi connectivity index (χ1) is 61.0. The Labute approximate surface area is 740 Å². The van der Waals surface area contributed by atoms with E-state index < -0.39 is 6.04 Å². The maximum Gasteiger partial charge on any atom is 0.318 e. The third kappa shape index (κ3) is 18.8. The summed E-state index contributed by atoms with van der Waals surface area (Å²) in [6, 6.07) is 48.2. The van der Waals surface area contributed by atoms with Crippen molar-refractivity contribution in [1.82, 2.24) is 59.3 Å². The first kappa shape index (κ1) is 86.3. The number of nitriles is 3. The molecule has 0 N–H and O–H groups in total. The molecule has 28 nitrogen and oxygen atoms in total. The van der Waals surface area contributed by atoms with Gasteiger partial charge in [0.2, 0.25) is 17.7 Å². The molecule has 9 aliphatic rings. The van der Waals surface area contributed by atoms with Crippen molar-refractivity contribution in [2.45, 2.75) is 127 Å². The summed E-state index contributed by atoms with van der Waals surface area (Å²) in [6.07, 6.45) is 13.6. The minimum absolute atomic E-state index is 0.138. The number of benzene rings is 6. The molecule has 9 aliphatic heterocycles. The number of rotatable bonds is 21. The Morgan fingerprint density at radius 2 is 0.872 bits per heavy atom. The van der Waals surface area contributed by atoms with Gasteiger partial charge in [-0.25, -0.2) is 0 Å². The minimum atomic E-state index is -0.512. The number of ether oxygens (including phenoxy) is 4. The van der Waals surface area contributed by atoms with Crippen LogP contribution in [-0.2, 0) is 53.3 Å². The van der Waals surface area contributed by atoms with E-state index in [1.54, 1.807) is 21.8 Å². The van der Waals surface area contributed by atoms with E-state index in [4.69, 9.17) is 48.9 Å². The van der Waals surface area contributed by atoms with Crippen LogP contribution < -0.4 is 48.3 Å². The van der Waals surface area contributed by atoms with Crippen LogP contribution in [0.3, 0.4) is 0 Å². The number of anilines is 6. The molecule has 0 spiro atoms. The molecular weight excluding hydrogens is 1640 g/mol. The molecule has 0 aliphatic carbocycles. The molecule has 648 valence electrons. The largest absolute Gasteiger partial charge is 0.496 e. The number of methoxy groups -OCH3 is 1. The molecule has 6 atom stereocenters. The highest BCUT2D eigenvalue weighted by atomic mass is 79.9. The molecule has 29 heteroatoms. The molecule has 0 bridgehead atoms. The van der Waals surface area contributed by atoms with Gasteiger partial charge in [0.1, 0.15) is 49.1 Å². The topological polar surface area (TPSA) is 276 Å². The molecule has 6 fully saturated rings. The van der Waals surface area contributed by atoms with Crippen LogP contribution >= 0.6 is 15.9 Å². The zero-order chi connectivity index (χ0) is 86.8. The van der Waals surface area contributed by atoms with Crippen LogP contribution in [0.1, 0.15) is 85.1 Å². The van der Waals surface area contributed by atoms with Crippen molar-refractivity contribution in [2.24, 2.45) is 0 Å². The summed E-state index contributed by atoms with van der Waals surface area (Å²) < 4.78 is 25.7. The number of nitrogens with zero attached hydrogens (tertiary/aromatic N) is 21. The number of aromatic nitrogens is 6. The number of likely N-dealkylation sites (N-methyl/N-ethyl adjacent to an activating group) is 3. The summed E-state index contributed by atoms with van der Waals surface area (Å²) >= 11 is 3.78. The smallest absolute Gasteiger partial charge is 0.318 e. The molecule has 0 saturated carbocycles. The van der Waals surface area contributed by atoms with E-state index in [1.807, 2.05) is 17.0 Å². The molecule has 6 aromatic carbocycles. The number of amides is 3. The first-order valence-corrected chi connectivity index (χ1v) is 44.6. The number of likely N-dealkylation sites (tertiary alicyclic amines) is 3. The maximum absolute atomic E-state index is 12.5. The molecule has 3 amide bonds. The van der Waals surface area contributed by atoms with Gasteiger partial charge in [-0.3, -0.25) is 14.4 Å². The Bertz CT molecular complexity index is 5620. The number of fused-ring (bicyclic) bond motifs is 6. The van der Waals surface area contributed by atoms with E-state index in [2.05, 4.69) is 217 Å². The van der Waals surface area contributed by atoms with E-state index in [0.717, 1.165) is 162 Å². The van der Waals surface area contributed by atoms with Crippen LogP contribution in [0.4, 0.5) is 34.5 Å². The summed E-state index contributed by atoms with van der Waals surface area (Å²) in [4.78, 5) is 92.9. The van der Waals surface area contributed by atoms with Gasteiger partial charge >= 0.3 is 18.0 Å². The molecule has 9 aromatic rings. The Kier molecular flexibility index (Phi) is 27.2. The lowest BCUT2D eigenvalue weighted by Crippen LogP contribution is -2.55. The summed E-state index contributed by atoms with van der Waals surface area (Å²) in [6.45, 7) is 24.7. The van der Waals surface area contributed by atoms with Crippen LogP contribution in [0.25, 0.3) is 32.3 Å². The number of piperazine rings is 3. The van der Waals surface area contributed by atoms with Gasteiger partial charge < -0.3 is 77.7 Å². The Morgan fingerprint density at radius 3 is 1.34 bits per heavy atom. The summed E-state index contributed by atoms with van der Waals surface area (Å²) in [7, 11) is 8.11. The molecule has 3 aromatic heterocycles. The quantitative estimate of drug-likeness (QED) is 0.0604. The van der Waals surface area contributed by atoms with Crippen LogP contribution in [-0.4, -0.2) is 260 Å². The zero-order valence-electron chi connectivity index (χ0n) is 72.0. The lowest BCUT2D eigenvalue weighted by Gasteiger charge is -2.42. The van der Waals surface area contributed by atoms with Crippen molar-refractivity contribution < 1.29 is 33.3 Å². The van der Waals surface area contributed by atoms with Crippen molar-refractivity contribution in [2.75, 3.05) is 176 Å². The highest BCUT2D eigenvalue weighted by molar-refractivity contribution is 9.10. The van der Waals surface area contributed by atoms with E-state index in [9.17, 15) is 30.2 Å². The molecule has 6 saturated heterocycles. The van der Waals surface area contributed by atoms with Gasteiger partial charge in [-0.15, -0.1) is 0 Å². The number of hydrogen-bond acceptors (Lipinski definition) is 25. The van der Waals surface area contributed by atoms with Crippen LogP contribution in [0.5, 0.6) is 23.8 Å².